The van der Waals surface area contributed by atoms with Crippen molar-refractivity contribution in [1.82, 2.24) is 10.2 Å². The molecular formula is C12H26N2. The van der Waals surface area contributed by atoms with E-state index < -0.39 is 0 Å². The van der Waals surface area contributed by atoms with Gasteiger partial charge in [0.15, 0.2) is 0 Å². The molecule has 0 spiro atoms. The lowest BCUT2D eigenvalue weighted by molar-refractivity contribution is 0.154. The third-order valence-electron chi connectivity index (χ3n) is 3.55. The number of nitrogens with one attached hydrogen (secondary N) is 1. The molecule has 0 amide bonds. The van der Waals surface area contributed by atoms with Crippen LogP contribution in [0.2, 0.25) is 0 Å². The Hall–Kier alpha value is -0.0800. The maximum atomic E-state index is 3.60. The molecule has 0 aromatic heterocycles. The number of nitrogens with zero attached hydrogens (tertiary/aromatic N) is 1. The summed E-state index contributed by atoms with van der Waals surface area (Å²) in [7, 11) is 0. The molecule has 2 nitrogen and oxygen atoms in total. The van der Waals surface area contributed by atoms with Crippen molar-refractivity contribution in [2.24, 2.45) is 0 Å². The van der Waals surface area contributed by atoms with Crippen molar-refractivity contribution in [3.8, 4) is 0 Å². The van der Waals surface area contributed by atoms with Crippen LogP contribution in [-0.4, -0.2) is 35.6 Å². The zero-order valence-electron chi connectivity index (χ0n) is 10.4. The first kappa shape index (κ1) is 12.0. The van der Waals surface area contributed by atoms with Crippen molar-refractivity contribution in [2.75, 3.05) is 13.1 Å². The van der Waals surface area contributed by atoms with Gasteiger partial charge in [0.1, 0.15) is 0 Å². The minimum Gasteiger partial charge on any atom is -0.310 e. The molecule has 0 saturated carbocycles. The van der Waals surface area contributed by atoms with Crippen LogP contribution in [0, 0.1) is 0 Å². The van der Waals surface area contributed by atoms with E-state index in [4.69, 9.17) is 0 Å². The average molecular weight is 198 g/mol. The molecule has 1 heterocycles. The third-order valence-corrected chi connectivity index (χ3v) is 3.55. The van der Waals surface area contributed by atoms with Gasteiger partial charge in [-0.05, 0) is 40.2 Å². The first-order valence-electron chi connectivity index (χ1n) is 6.01. The standard InChI is InChI=1S/C12H26N2/c1-6-10(3)14(7-2)11-8-12(4,5)13-9-11/h10-11,13H,6-9H2,1-5H3. The molecule has 14 heavy (non-hydrogen) atoms. The highest BCUT2D eigenvalue weighted by Crippen LogP contribution is 2.24. The molecule has 0 bridgehead atoms. The van der Waals surface area contributed by atoms with Gasteiger partial charge in [-0.15, -0.1) is 0 Å². The minimum absolute atomic E-state index is 0.339. The molecule has 2 unspecified atom stereocenters. The van der Waals surface area contributed by atoms with Crippen LogP contribution in [0.5, 0.6) is 0 Å². The van der Waals surface area contributed by atoms with Crippen LogP contribution >= 0.6 is 0 Å². The third kappa shape index (κ3) is 2.71. The second kappa shape index (κ2) is 4.63. The van der Waals surface area contributed by atoms with Crippen molar-refractivity contribution in [1.29, 1.82) is 0 Å². The molecule has 0 aliphatic carbocycles. The lowest BCUT2D eigenvalue weighted by atomic mass is 9.99. The first-order chi connectivity index (χ1) is 6.50. The highest BCUT2D eigenvalue weighted by atomic mass is 15.2. The number of hydrogen-bond acceptors (Lipinski definition) is 2. The van der Waals surface area contributed by atoms with E-state index in [1.807, 2.05) is 0 Å². The van der Waals surface area contributed by atoms with Crippen molar-refractivity contribution in [3.63, 3.8) is 0 Å². The van der Waals surface area contributed by atoms with E-state index in [9.17, 15) is 0 Å². The molecule has 1 aliphatic heterocycles. The Labute approximate surface area is 89.1 Å². The smallest absolute Gasteiger partial charge is 0.0240 e. The molecule has 1 aliphatic rings. The zero-order chi connectivity index (χ0) is 10.8. The van der Waals surface area contributed by atoms with E-state index in [0.717, 1.165) is 18.6 Å². The van der Waals surface area contributed by atoms with Gasteiger partial charge in [-0.2, -0.15) is 0 Å². The van der Waals surface area contributed by atoms with E-state index >= 15 is 0 Å². The second-order valence-corrected chi connectivity index (χ2v) is 5.21. The summed E-state index contributed by atoms with van der Waals surface area (Å²) in [5.74, 6) is 0. The number of rotatable bonds is 4. The van der Waals surface area contributed by atoms with Crippen molar-refractivity contribution < 1.29 is 0 Å². The molecule has 2 atom stereocenters. The summed E-state index contributed by atoms with van der Waals surface area (Å²) in [5.41, 5.74) is 0.339. The van der Waals surface area contributed by atoms with E-state index in [2.05, 4.69) is 44.8 Å². The molecule has 0 aromatic rings. The highest BCUT2D eigenvalue weighted by Gasteiger charge is 2.34. The maximum Gasteiger partial charge on any atom is 0.0240 e. The van der Waals surface area contributed by atoms with Gasteiger partial charge in [-0.25, -0.2) is 0 Å². The van der Waals surface area contributed by atoms with Crippen LogP contribution in [0.4, 0.5) is 0 Å². The molecule has 84 valence electrons. The fourth-order valence-corrected chi connectivity index (χ4v) is 2.53. The Balaban J connectivity index is 2.55. The lowest BCUT2D eigenvalue weighted by Gasteiger charge is -2.33. The summed E-state index contributed by atoms with van der Waals surface area (Å²) in [6.07, 6.45) is 2.54. The predicted molar refractivity (Wildman–Crippen MR) is 62.6 cm³/mol. The van der Waals surface area contributed by atoms with E-state index in [1.54, 1.807) is 0 Å². The van der Waals surface area contributed by atoms with Crippen molar-refractivity contribution >= 4 is 0 Å². The van der Waals surface area contributed by atoms with Gasteiger partial charge in [-0.1, -0.05) is 13.8 Å². The Morgan fingerprint density at radius 3 is 2.43 bits per heavy atom. The monoisotopic (exact) mass is 198 g/mol. The lowest BCUT2D eigenvalue weighted by Crippen LogP contribution is -2.42. The zero-order valence-corrected chi connectivity index (χ0v) is 10.4. The van der Waals surface area contributed by atoms with E-state index in [-0.39, 0.29) is 0 Å². The Morgan fingerprint density at radius 2 is 2.07 bits per heavy atom. The molecule has 0 aromatic carbocycles. The van der Waals surface area contributed by atoms with Crippen LogP contribution in [0.25, 0.3) is 0 Å². The molecule has 1 N–H and O–H groups in total. The molecule has 1 saturated heterocycles. The van der Waals surface area contributed by atoms with Gasteiger partial charge in [-0.3, -0.25) is 4.90 Å². The first-order valence-corrected chi connectivity index (χ1v) is 6.01. The molecular weight excluding hydrogens is 172 g/mol. The van der Waals surface area contributed by atoms with Gasteiger partial charge in [0, 0.05) is 24.2 Å². The predicted octanol–water partition coefficient (Wildman–Crippen LogP) is 2.25. The average Bonchev–Trinajstić information content (AvgIpc) is 2.47. The second-order valence-electron chi connectivity index (χ2n) is 5.21. The SMILES string of the molecule is CCC(C)N(CC)C1CNC(C)(C)C1. The Morgan fingerprint density at radius 1 is 1.43 bits per heavy atom. The van der Waals surface area contributed by atoms with Gasteiger partial charge in [0.2, 0.25) is 0 Å². The molecule has 2 heteroatoms. The van der Waals surface area contributed by atoms with Crippen LogP contribution in [0.15, 0.2) is 0 Å². The van der Waals surface area contributed by atoms with Crippen molar-refractivity contribution in [2.45, 2.75) is 65.1 Å². The van der Waals surface area contributed by atoms with Gasteiger partial charge in [0.05, 0.1) is 0 Å². The summed E-state index contributed by atoms with van der Waals surface area (Å²) in [6.45, 7) is 13.8. The topological polar surface area (TPSA) is 15.3 Å². The Kier molecular flexibility index (Phi) is 3.96. The largest absolute Gasteiger partial charge is 0.310 e. The molecule has 1 fully saturated rings. The van der Waals surface area contributed by atoms with Crippen LogP contribution < -0.4 is 5.32 Å². The van der Waals surface area contributed by atoms with Crippen molar-refractivity contribution in [3.05, 3.63) is 0 Å². The Bertz CT molecular complexity index is 177. The molecule has 1 rings (SSSR count). The van der Waals surface area contributed by atoms with Gasteiger partial charge < -0.3 is 5.32 Å². The molecule has 0 radical (unpaired) electrons. The summed E-state index contributed by atoms with van der Waals surface area (Å²) in [6, 6.07) is 1.46. The fourth-order valence-electron chi connectivity index (χ4n) is 2.53. The highest BCUT2D eigenvalue weighted by molar-refractivity contribution is 4.95. The van der Waals surface area contributed by atoms with Gasteiger partial charge in [0.25, 0.3) is 0 Å². The van der Waals surface area contributed by atoms with Crippen LogP contribution in [0.3, 0.4) is 0 Å². The summed E-state index contributed by atoms with van der Waals surface area (Å²) >= 11 is 0. The number of hydrogen-bond donors (Lipinski definition) is 1. The summed E-state index contributed by atoms with van der Waals surface area (Å²) < 4.78 is 0. The van der Waals surface area contributed by atoms with Crippen LogP contribution in [-0.2, 0) is 0 Å². The summed E-state index contributed by atoms with van der Waals surface area (Å²) in [5, 5.41) is 3.60. The fraction of sp³-hybridized carbons (Fsp3) is 1.00. The van der Waals surface area contributed by atoms with Gasteiger partial charge >= 0.3 is 0 Å². The normalized spacial score (nSPS) is 28.3. The van der Waals surface area contributed by atoms with E-state index in [0.29, 0.717) is 5.54 Å². The summed E-state index contributed by atoms with van der Waals surface area (Å²) in [4.78, 5) is 2.64. The van der Waals surface area contributed by atoms with E-state index in [1.165, 1.54) is 19.4 Å². The maximum absolute atomic E-state index is 3.60. The van der Waals surface area contributed by atoms with Crippen LogP contribution in [0.1, 0.15) is 47.5 Å². The minimum atomic E-state index is 0.339. The quantitative estimate of drug-likeness (QED) is 0.745. The number of likely N-dealkylation sites (N-methyl/N-ethyl adjacent to an activating group) is 1.